The highest BCUT2D eigenvalue weighted by Crippen LogP contribution is 2.20. The van der Waals surface area contributed by atoms with Crippen molar-refractivity contribution in [2.24, 2.45) is 0 Å². The molecule has 1 saturated heterocycles. The first-order chi connectivity index (χ1) is 12.9. The highest BCUT2D eigenvalue weighted by molar-refractivity contribution is 5.92. The molecule has 7 heteroatoms. The van der Waals surface area contributed by atoms with Crippen molar-refractivity contribution >= 4 is 5.91 Å². The van der Waals surface area contributed by atoms with E-state index in [0.29, 0.717) is 24.8 Å². The van der Waals surface area contributed by atoms with Gasteiger partial charge in [0.15, 0.2) is 5.69 Å². The Kier molecular flexibility index (Phi) is 5.89. The molecule has 0 spiro atoms. The van der Waals surface area contributed by atoms with Gasteiger partial charge >= 0.3 is 0 Å². The summed E-state index contributed by atoms with van der Waals surface area (Å²) in [6.07, 6.45) is 7.61. The summed E-state index contributed by atoms with van der Waals surface area (Å²) >= 11 is 0. The molecule has 1 amide bonds. The molecular formula is C20H30N6O. The minimum Gasteiger partial charge on any atom is -0.331 e. The molecule has 0 aliphatic carbocycles. The van der Waals surface area contributed by atoms with Gasteiger partial charge in [-0.15, -0.1) is 5.10 Å². The number of aromatic nitrogens is 4. The lowest BCUT2D eigenvalue weighted by atomic mass is 10.1. The molecule has 1 unspecified atom stereocenters. The lowest BCUT2D eigenvalue weighted by molar-refractivity contribution is 0.0686. The van der Waals surface area contributed by atoms with Gasteiger partial charge in [0, 0.05) is 31.5 Å². The van der Waals surface area contributed by atoms with E-state index in [0.717, 1.165) is 25.1 Å². The number of nitrogens with zero attached hydrogens (tertiary/aromatic N) is 6. The molecule has 3 rings (SSSR count). The van der Waals surface area contributed by atoms with Crippen molar-refractivity contribution in [3.63, 3.8) is 0 Å². The third kappa shape index (κ3) is 4.71. The second kappa shape index (κ2) is 8.17. The predicted octanol–water partition coefficient (Wildman–Crippen LogP) is 2.55. The zero-order valence-corrected chi connectivity index (χ0v) is 16.8. The summed E-state index contributed by atoms with van der Waals surface area (Å²) in [5.74, 6) is -0.0646. The summed E-state index contributed by atoms with van der Waals surface area (Å²) < 4.78 is 1.75. The number of pyridine rings is 1. The Labute approximate surface area is 161 Å². The number of likely N-dealkylation sites (N-methyl/N-ethyl adjacent to an activating group) is 1. The van der Waals surface area contributed by atoms with E-state index in [2.05, 4.69) is 27.1 Å². The van der Waals surface area contributed by atoms with Crippen LogP contribution in [0.1, 0.15) is 56.6 Å². The first kappa shape index (κ1) is 19.5. The van der Waals surface area contributed by atoms with Crippen molar-refractivity contribution in [1.82, 2.24) is 29.8 Å². The summed E-state index contributed by atoms with van der Waals surface area (Å²) in [6.45, 7) is 11.7. The smallest absolute Gasteiger partial charge is 0.276 e. The molecule has 0 N–H and O–H groups in total. The van der Waals surface area contributed by atoms with Crippen molar-refractivity contribution in [1.29, 1.82) is 0 Å². The topological polar surface area (TPSA) is 67.2 Å². The van der Waals surface area contributed by atoms with E-state index in [1.807, 2.05) is 37.8 Å². The van der Waals surface area contributed by atoms with Crippen molar-refractivity contribution in [3.8, 4) is 0 Å². The van der Waals surface area contributed by atoms with Crippen LogP contribution in [-0.4, -0.2) is 61.4 Å². The van der Waals surface area contributed by atoms with Crippen LogP contribution in [0.25, 0.3) is 0 Å². The Morgan fingerprint density at radius 3 is 2.67 bits per heavy atom. The van der Waals surface area contributed by atoms with Crippen LogP contribution in [0, 0.1) is 0 Å². The van der Waals surface area contributed by atoms with Crippen LogP contribution in [0.4, 0.5) is 0 Å². The molecule has 3 heterocycles. The maximum absolute atomic E-state index is 13.2. The van der Waals surface area contributed by atoms with Gasteiger partial charge in [-0.3, -0.25) is 14.7 Å². The van der Waals surface area contributed by atoms with Crippen molar-refractivity contribution < 1.29 is 4.79 Å². The molecule has 27 heavy (non-hydrogen) atoms. The lowest BCUT2D eigenvalue weighted by Crippen LogP contribution is -2.42. The van der Waals surface area contributed by atoms with Crippen LogP contribution in [0.15, 0.2) is 30.7 Å². The fraction of sp³-hybridized carbons (Fsp3) is 0.600. The summed E-state index contributed by atoms with van der Waals surface area (Å²) in [4.78, 5) is 21.7. The average Bonchev–Trinajstić information content (AvgIpc) is 3.30. The Bertz CT molecular complexity index is 751. The molecule has 0 radical (unpaired) electrons. The van der Waals surface area contributed by atoms with Gasteiger partial charge in [0.25, 0.3) is 5.91 Å². The predicted molar refractivity (Wildman–Crippen MR) is 104 cm³/mol. The number of carbonyl (C=O) groups is 1. The first-order valence-electron chi connectivity index (χ1n) is 9.73. The van der Waals surface area contributed by atoms with Gasteiger partial charge in [0.2, 0.25) is 0 Å². The monoisotopic (exact) mass is 370 g/mol. The number of carbonyl (C=O) groups excluding carboxylic acids is 1. The SMILES string of the molecule is CCN1CCCC1CN(Cc1ccncc1)C(=O)c1cn(C(C)(C)C)nn1. The molecule has 1 fully saturated rings. The first-order valence-corrected chi connectivity index (χ1v) is 9.73. The second-order valence-electron chi connectivity index (χ2n) is 8.18. The zero-order chi connectivity index (χ0) is 19.4. The van der Waals surface area contributed by atoms with Gasteiger partial charge in [0.1, 0.15) is 0 Å². The molecule has 2 aromatic rings. The van der Waals surface area contributed by atoms with Gasteiger partial charge < -0.3 is 4.90 Å². The van der Waals surface area contributed by atoms with Gasteiger partial charge in [-0.1, -0.05) is 12.1 Å². The van der Waals surface area contributed by atoms with Crippen LogP contribution >= 0.6 is 0 Å². The van der Waals surface area contributed by atoms with E-state index < -0.39 is 0 Å². The number of rotatable bonds is 6. The molecule has 1 aliphatic heterocycles. The molecule has 146 valence electrons. The highest BCUT2D eigenvalue weighted by atomic mass is 16.2. The van der Waals surface area contributed by atoms with Crippen molar-refractivity contribution in [3.05, 3.63) is 42.0 Å². The largest absolute Gasteiger partial charge is 0.331 e. The zero-order valence-electron chi connectivity index (χ0n) is 16.8. The van der Waals surface area contributed by atoms with Gasteiger partial charge in [-0.25, -0.2) is 4.68 Å². The van der Waals surface area contributed by atoms with Crippen LogP contribution in [0.3, 0.4) is 0 Å². The molecule has 0 bridgehead atoms. The molecule has 0 saturated carbocycles. The van der Waals surface area contributed by atoms with Crippen LogP contribution < -0.4 is 0 Å². The second-order valence-corrected chi connectivity index (χ2v) is 8.18. The fourth-order valence-electron chi connectivity index (χ4n) is 3.55. The normalized spacial score (nSPS) is 18.0. The quantitative estimate of drug-likeness (QED) is 0.782. The Morgan fingerprint density at radius 2 is 2.04 bits per heavy atom. The summed E-state index contributed by atoms with van der Waals surface area (Å²) in [7, 11) is 0. The van der Waals surface area contributed by atoms with E-state index in [1.54, 1.807) is 23.3 Å². The maximum atomic E-state index is 13.2. The van der Waals surface area contributed by atoms with Crippen molar-refractivity contribution in [2.45, 2.75) is 58.7 Å². The number of amides is 1. The lowest BCUT2D eigenvalue weighted by Gasteiger charge is -2.30. The molecule has 0 aromatic carbocycles. The average molecular weight is 371 g/mol. The fourth-order valence-corrected chi connectivity index (χ4v) is 3.55. The van der Waals surface area contributed by atoms with Crippen LogP contribution in [0.2, 0.25) is 0 Å². The third-order valence-corrected chi connectivity index (χ3v) is 5.15. The molecule has 1 atom stereocenters. The molecular weight excluding hydrogens is 340 g/mol. The molecule has 7 nitrogen and oxygen atoms in total. The summed E-state index contributed by atoms with van der Waals surface area (Å²) in [6, 6.07) is 4.32. The molecule has 2 aromatic heterocycles. The standard InChI is InChI=1S/C20H30N6O/c1-5-24-12-6-7-17(24)14-25(13-16-8-10-21-11-9-16)19(27)18-15-26(23-22-18)20(2,3)4/h8-11,15,17H,5-7,12-14H2,1-4H3. The van der Waals surface area contributed by atoms with Crippen LogP contribution in [0.5, 0.6) is 0 Å². The summed E-state index contributed by atoms with van der Waals surface area (Å²) in [5, 5.41) is 8.31. The van der Waals surface area contributed by atoms with E-state index >= 15 is 0 Å². The Morgan fingerprint density at radius 1 is 1.30 bits per heavy atom. The van der Waals surface area contributed by atoms with Crippen molar-refractivity contribution in [2.75, 3.05) is 19.6 Å². The van der Waals surface area contributed by atoms with E-state index in [4.69, 9.17) is 0 Å². The summed E-state index contributed by atoms with van der Waals surface area (Å²) in [5.41, 5.74) is 1.27. The van der Waals surface area contributed by atoms with E-state index in [9.17, 15) is 4.79 Å². The number of likely N-dealkylation sites (tertiary alicyclic amines) is 1. The number of hydrogen-bond donors (Lipinski definition) is 0. The Hall–Kier alpha value is -2.28. The highest BCUT2D eigenvalue weighted by Gasteiger charge is 2.29. The maximum Gasteiger partial charge on any atom is 0.276 e. The van der Waals surface area contributed by atoms with Gasteiger partial charge in [0.05, 0.1) is 11.7 Å². The molecule has 1 aliphatic rings. The van der Waals surface area contributed by atoms with E-state index in [1.165, 1.54) is 6.42 Å². The van der Waals surface area contributed by atoms with Crippen LogP contribution in [-0.2, 0) is 12.1 Å². The van der Waals surface area contributed by atoms with E-state index in [-0.39, 0.29) is 11.4 Å². The number of hydrogen-bond acceptors (Lipinski definition) is 5. The Balaban J connectivity index is 1.81. The third-order valence-electron chi connectivity index (χ3n) is 5.15. The van der Waals surface area contributed by atoms with Gasteiger partial charge in [-0.2, -0.15) is 0 Å². The van der Waals surface area contributed by atoms with Gasteiger partial charge in [-0.05, 0) is 64.4 Å². The minimum atomic E-state index is -0.202. The minimum absolute atomic E-state index is 0.0646.